The lowest BCUT2D eigenvalue weighted by molar-refractivity contribution is 0.122. The number of hydrogen-bond acceptors (Lipinski definition) is 3. The first-order valence-corrected chi connectivity index (χ1v) is 8.18. The highest BCUT2D eigenvalue weighted by Crippen LogP contribution is 2.30. The Hall–Kier alpha value is -0.580. The van der Waals surface area contributed by atoms with Crippen LogP contribution in [0, 0.1) is 5.92 Å². The van der Waals surface area contributed by atoms with E-state index in [2.05, 4.69) is 41.2 Å². The summed E-state index contributed by atoms with van der Waals surface area (Å²) in [6, 6.07) is 6.20. The molecule has 1 heterocycles. The fourth-order valence-electron chi connectivity index (χ4n) is 2.23. The van der Waals surface area contributed by atoms with Crippen molar-refractivity contribution in [3.63, 3.8) is 0 Å². The zero-order chi connectivity index (χ0) is 14.4. The van der Waals surface area contributed by atoms with Crippen LogP contribution in [0.3, 0.4) is 0 Å². The Morgan fingerprint density at radius 2 is 2.25 bits per heavy atom. The predicted molar refractivity (Wildman–Crippen MR) is 85.4 cm³/mol. The zero-order valence-corrected chi connectivity index (χ0v) is 13.9. The molecule has 0 saturated heterocycles. The molecule has 0 radical (unpaired) electrons. The van der Waals surface area contributed by atoms with Gasteiger partial charge in [0.2, 0.25) is 0 Å². The van der Waals surface area contributed by atoms with Crippen LogP contribution in [0.5, 0.6) is 5.75 Å². The van der Waals surface area contributed by atoms with Crippen molar-refractivity contribution in [1.29, 1.82) is 0 Å². The molecular formula is C16H24BrNO2. The second kappa shape index (κ2) is 8.01. The van der Waals surface area contributed by atoms with Gasteiger partial charge in [0.1, 0.15) is 11.9 Å². The van der Waals surface area contributed by atoms with Crippen molar-refractivity contribution in [3.05, 3.63) is 28.2 Å². The van der Waals surface area contributed by atoms with E-state index >= 15 is 0 Å². The number of nitrogens with one attached hydrogen (secondary N) is 1. The van der Waals surface area contributed by atoms with Crippen molar-refractivity contribution in [2.24, 2.45) is 5.92 Å². The van der Waals surface area contributed by atoms with Gasteiger partial charge >= 0.3 is 0 Å². The molecule has 0 aromatic heterocycles. The van der Waals surface area contributed by atoms with Gasteiger partial charge in [-0.2, -0.15) is 0 Å². The number of benzene rings is 1. The number of halogens is 1. The second-order valence-electron chi connectivity index (χ2n) is 5.70. The smallest absolute Gasteiger partial charge is 0.123 e. The van der Waals surface area contributed by atoms with Crippen molar-refractivity contribution in [2.75, 3.05) is 26.3 Å². The van der Waals surface area contributed by atoms with Crippen LogP contribution in [0.4, 0.5) is 0 Å². The lowest BCUT2D eigenvalue weighted by atomic mass is 10.1. The molecule has 0 bridgehead atoms. The van der Waals surface area contributed by atoms with E-state index in [9.17, 15) is 0 Å². The molecule has 1 aliphatic heterocycles. The quantitative estimate of drug-likeness (QED) is 0.735. The molecule has 0 amide bonds. The van der Waals surface area contributed by atoms with Gasteiger partial charge in [-0.3, -0.25) is 0 Å². The SMILES string of the molecule is CC(C)CCOCCNCC1Cc2cc(Br)ccc2O1. The van der Waals surface area contributed by atoms with E-state index in [0.29, 0.717) is 5.92 Å². The molecule has 0 fully saturated rings. The summed E-state index contributed by atoms with van der Waals surface area (Å²) in [7, 11) is 0. The van der Waals surface area contributed by atoms with E-state index in [1.54, 1.807) is 0 Å². The summed E-state index contributed by atoms with van der Waals surface area (Å²) in [6.45, 7) is 7.83. The van der Waals surface area contributed by atoms with Gasteiger partial charge in [-0.15, -0.1) is 0 Å². The van der Waals surface area contributed by atoms with E-state index in [1.165, 1.54) is 5.56 Å². The fraction of sp³-hybridized carbons (Fsp3) is 0.625. The Morgan fingerprint density at radius 3 is 3.05 bits per heavy atom. The van der Waals surface area contributed by atoms with E-state index in [1.807, 2.05) is 12.1 Å². The molecule has 1 N–H and O–H groups in total. The number of fused-ring (bicyclic) bond motifs is 1. The Morgan fingerprint density at radius 1 is 1.40 bits per heavy atom. The maximum absolute atomic E-state index is 5.90. The molecule has 3 nitrogen and oxygen atoms in total. The molecule has 4 heteroatoms. The zero-order valence-electron chi connectivity index (χ0n) is 12.3. The van der Waals surface area contributed by atoms with Gasteiger partial charge < -0.3 is 14.8 Å². The molecule has 1 aliphatic rings. The van der Waals surface area contributed by atoms with Crippen LogP contribution in [0.2, 0.25) is 0 Å². The minimum Gasteiger partial charge on any atom is -0.488 e. The Bertz CT molecular complexity index is 423. The highest BCUT2D eigenvalue weighted by atomic mass is 79.9. The van der Waals surface area contributed by atoms with Gasteiger partial charge in [-0.05, 0) is 36.1 Å². The van der Waals surface area contributed by atoms with Crippen LogP contribution in [-0.2, 0) is 11.2 Å². The van der Waals surface area contributed by atoms with Crippen LogP contribution in [-0.4, -0.2) is 32.4 Å². The summed E-state index contributed by atoms with van der Waals surface area (Å²) in [6.07, 6.45) is 2.36. The predicted octanol–water partition coefficient (Wildman–Crippen LogP) is 3.40. The lowest BCUT2D eigenvalue weighted by Gasteiger charge is -2.12. The van der Waals surface area contributed by atoms with Crippen molar-refractivity contribution in [1.82, 2.24) is 5.32 Å². The number of rotatable bonds is 8. The summed E-state index contributed by atoms with van der Waals surface area (Å²) in [5.41, 5.74) is 1.29. The van der Waals surface area contributed by atoms with Gasteiger partial charge in [0, 0.05) is 30.6 Å². The molecule has 0 aliphatic carbocycles. The van der Waals surface area contributed by atoms with Gasteiger partial charge in [0.25, 0.3) is 0 Å². The Balaban J connectivity index is 1.56. The van der Waals surface area contributed by atoms with Gasteiger partial charge in [0.15, 0.2) is 0 Å². The highest BCUT2D eigenvalue weighted by molar-refractivity contribution is 9.10. The average Bonchev–Trinajstić information content (AvgIpc) is 2.79. The van der Waals surface area contributed by atoms with Gasteiger partial charge in [-0.25, -0.2) is 0 Å². The molecule has 2 rings (SSSR count). The van der Waals surface area contributed by atoms with Crippen molar-refractivity contribution < 1.29 is 9.47 Å². The third-order valence-corrected chi connectivity index (χ3v) is 3.89. The van der Waals surface area contributed by atoms with Gasteiger partial charge in [-0.1, -0.05) is 29.8 Å². The Kier molecular flexibility index (Phi) is 6.33. The summed E-state index contributed by atoms with van der Waals surface area (Å²) in [5.74, 6) is 1.74. The molecule has 1 aromatic rings. The first-order chi connectivity index (χ1) is 9.65. The topological polar surface area (TPSA) is 30.5 Å². The highest BCUT2D eigenvalue weighted by Gasteiger charge is 2.22. The summed E-state index contributed by atoms with van der Waals surface area (Å²) in [5, 5.41) is 3.40. The molecule has 0 saturated carbocycles. The third kappa shape index (κ3) is 5.08. The van der Waals surface area contributed by atoms with Crippen LogP contribution in [0.25, 0.3) is 0 Å². The van der Waals surface area contributed by atoms with Crippen LogP contribution in [0.15, 0.2) is 22.7 Å². The molecule has 1 unspecified atom stereocenters. The monoisotopic (exact) mass is 341 g/mol. The van der Waals surface area contributed by atoms with Gasteiger partial charge in [0.05, 0.1) is 6.61 Å². The molecule has 20 heavy (non-hydrogen) atoms. The largest absolute Gasteiger partial charge is 0.488 e. The lowest BCUT2D eigenvalue weighted by Crippen LogP contribution is -2.32. The molecular weight excluding hydrogens is 318 g/mol. The first kappa shape index (κ1) is 15.8. The number of ether oxygens (including phenoxy) is 2. The second-order valence-corrected chi connectivity index (χ2v) is 6.61. The van der Waals surface area contributed by atoms with Crippen molar-refractivity contribution in [2.45, 2.75) is 32.8 Å². The summed E-state index contributed by atoms with van der Waals surface area (Å²) < 4.78 is 12.6. The van der Waals surface area contributed by atoms with E-state index in [0.717, 1.165) is 49.4 Å². The summed E-state index contributed by atoms with van der Waals surface area (Å²) >= 11 is 3.50. The van der Waals surface area contributed by atoms with E-state index in [-0.39, 0.29) is 6.10 Å². The van der Waals surface area contributed by atoms with Crippen LogP contribution < -0.4 is 10.1 Å². The normalized spacial score (nSPS) is 17.3. The van der Waals surface area contributed by atoms with E-state index < -0.39 is 0 Å². The first-order valence-electron chi connectivity index (χ1n) is 7.38. The van der Waals surface area contributed by atoms with Crippen molar-refractivity contribution >= 4 is 15.9 Å². The molecule has 1 atom stereocenters. The fourth-order valence-corrected chi connectivity index (χ4v) is 2.64. The molecule has 112 valence electrons. The molecule has 0 spiro atoms. The van der Waals surface area contributed by atoms with Crippen molar-refractivity contribution in [3.8, 4) is 5.75 Å². The third-order valence-electron chi connectivity index (χ3n) is 3.40. The maximum atomic E-state index is 5.90. The average molecular weight is 342 g/mol. The summed E-state index contributed by atoms with van der Waals surface area (Å²) in [4.78, 5) is 0. The van der Waals surface area contributed by atoms with E-state index in [4.69, 9.17) is 9.47 Å². The Labute approximate surface area is 130 Å². The molecule has 1 aromatic carbocycles. The minimum atomic E-state index is 0.245. The maximum Gasteiger partial charge on any atom is 0.123 e. The number of hydrogen-bond donors (Lipinski definition) is 1. The van der Waals surface area contributed by atoms with Crippen LogP contribution in [0.1, 0.15) is 25.8 Å². The minimum absolute atomic E-state index is 0.245. The van der Waals surface area contributed by atoms with Crippen LogP contribution >= 0.6 is 15.9 Å². The standard InChI is InChI=1S/C16H24BrNO2/c1-12(2)5-7-19-8-6-18-11-15-10-13-9-14(17)3-4-16(13)20-15/h3-4,9,12,15,18H,5-8,10-11H2,1-2H3.